The molecule has 0 saturated carbocycles. The Morgan fingerprint density at radius 2 is 2.27 bits per heavy atom. The lowest BCUT2D eigenvalue weighted by molar-refractivity contribution is -0.172. The zero-order chi connectivity index (χ0) is 16.3. The Labute approximate surface area is 127 Å². The van der Waals surface area contributed by atoms with Crippen LogP contribution < -0.4 is 11.2 Å². The van der Waals surface area contributed by atoms with Gasteiger partial charge in [-0.25, -0.2) is 4.79 Å². The van der Waals surface area contributed by atoms with Crippen LogP contribution in [-0.4, -0.2) is 46.4 Å². The van der Waals surface area contributed by atoms with Gasteiger partial charge >= 0.3 is 5.69 Å². The molecule has 124 valence electrons. The summed E-state index contributed by atoms with van der Waals surface area (Å²) < 4.78 is 18.0. The minimum absolute atomic E-state index is 0.225. The van der Waals surface area contributed by atoms with E-state index in [1.807, 2.05) is 6.92 Å². The second-order valence-electron chi connectivity index (χ2n) is 5.22. The average molecular weight is 314 g/mol. The van der Waals surface area contributed by atoms with Gasteiger partial charge in [-0.3, -0.25) is 14.3 Å². The van der Waals surface area contributed by atoms with Crippen molar-refractivity contribution >= 4 is 0 Å². The Hall–Kier alpha value is -1.48. The van der Waals surface area contributed by atoms with Crippen LogP contribution in [0.4, 0.5) is 0 Å². The summed E-state index contributed by atoms with van der Waals surface area (Å²) in [6, 6.07) is 0. The maximum atomic E-state index is 11.9. The third-order valence-electron chi connectivity index (χ3n) is 3.58. The van der Waals surface area contributed by atoms with Gasteiger partial charge in [-0.15, -0.1) is 0 Å². The summed E-state index contributed by atoms with van der Waals surface area (Å²) in [5, 5.41) is 9.42. The Morgan fingerprint density at radius 1 is 1.55 bits per heavy atom. The van der Waals surface area contributed by atoms with E-state index in [9.17, 15) is 14.7 Å². The largest absolute Gasteiger partial charge is 0.394 e. The highest BCUT2D eigenvalue weighted by Gasteiger charge is 2.38. The fourth-order valence-corrected chi connectivity index (χ4v) is 2.50. The van der Waals surface area contributed by atoms with Gasteiger partial charge in [-0.1, -0.05) is 0 Å². The molecule has 1 unspecified atom stereocenters. The molecule has 4 atom stereocenters. The van der Waals surface area contributed by atoms with E-state index >= 15 is 0 Å². The number of ether oxygens (including phenoxy) is 3. The van der Waals surface area contributed by atoms with Crippen molar-refractivity contribution < 1.29 is 19.3 Å². The van der Waals surface area contributed by atoms with Crippen molar-refractivity contribution in [3.63, 3.8) is 0 Å². The number of aromatic amines is 1. The summed E-state index contributed by atoms with van der Waals surface area (Å²) >= 11 is 0. The first-order valence-corrected chi connectivity index (χ1v) is 7.31. The molecule has 1 aromatic heterocycles. The third kappa shape index (κ3) is 3.64. The molecule has 1 aliphatic rings. The number of rotatable bonds is 6. The predicted molar refractivity (Wildman–Crippen MR) is 77.6 cm³/mol. The summed E-state index contributed by atoms with van der Waals surface area (Å²) in [7, 11) is 0. The zero-order valence-corrected chi connectivity index (χ0v) is 12.9. The van der Waals surface area contributed by atoms with Crippen molar-refractivity contribution in [2.75, 3.05) is 13.2 Å². The van der Waals surface area contributed by atoms with Crippen LogP contribution in [-0.2, 0) is 14.2 Å². The van der Waals surface area contributed by atoms with E-state index in [1.54, 1.807) is 13.8 Å². The first-order chi connectivity index (χ1) is 10.5. The Bertz CT molecular complexity index is 610. The van der Waals surface area contributed by atoms with Gasteiger partial charge in [0.15, 0.2) is 6.29 Å². The highest BCUT2D eigenvalue weighted by Crippen LogP contribution is 2.30. The standard InChI is InChI=1S/C14H22N2O6/c1-4-20-9(3)21-10-5-12(22-11(10)7-17)16-6-8(2)13(18)15-14(16)19/h6,9-12,17H,4-5,7H2,1-3H3,(H,15,18,19)/t9?,10-,11+,12+/m0/s1. The molecule has 2 N–H and O–H groups in total. The van der Waals surface area contributed by atoms with Gasteiger partial charge in [0.25, 0.3) is 5.56 Å². The maximum absolute atomic E-state index is 11.9. The molecule has 0 spiro atoms. The van der Waals surface area contributed by atoms with E-state index in [1.165, 1.54) is 10.8 Å². The number of H-pyrrole nitrogens is 1. The second kappa shape index (κ2) is 7.19. The molecule has 2 rings (SSSR count). The first-order valence-electron chi connectivity index (χ1n) is 7.31. The molecule has 22 heavy (non-hydrogen) atoms. The van der Waals surface area contributed by atoms with E-state index in [2.05, 4.69) is 4.98 Å². The van der Waals surface area contributed by atoms with Gasteiger partial charge in [0.1, 0.15) is 12.3 Å². The highest BCUT2D eigenvalue weighted by molar-refractivity contribution is 5.02. The molecule has 0 bridgehead atoms. The van der Waals surface area contributed by atoms with Crippen molar-refractivity contribution in [2.45, 2.75) is 51.9 Å². The van der Waals surface area contributed by atoms with Crippen LogP contribution >= 0.6 is 0 Å². The van der Waals surface area contributed by atoms with Crippen molar-refractivity contribution in [1.29, 1.82) is 0 Å². The van der Waals surface area contributed by atoms with Crippen LogP contribution in [0, 0.1) is 6.92 Å². The summed E-state index contributed by atoms with van der Waals surface area (Å²) in [4.78, 5) is 25.6. The summed E-state index contributed by atoms with van der Waals surface area (Å²) in [6.45, 7) is 5.53. The van der Waals surface area contributed by atoms with Gasteiger partial charge < -0.3 is 19.3 Å². The molecule has 1 aromatic rings. The van der Waals surface area contributed by atoms with E-state index < -0.39 is 36.0 Å². The molecule has 1 saturated heterocycles. The molecule has 2 heterocycles. The van der Waals surface area contributed by atoms with Crippen LogP contribution in [0.1, 0.15) is 32.1 Å². The number of aryl methyl sites for hydroxylation is 1. The lowest BCUT2D eigenvalue weighted by atomic mass is 10.2. The molecule has 1 fully saturated rings. The van der Waals surface area contributed by atoms with Crippen molar-refractivity contribution in [3.8, 4) is 0 Å². The quantitative estimate of drug-likeness (QED) is 0.710. The van der Waals surface area contributed by atoms with Gasteiger partial charge in [0.2, 0.25) is 0 Å². The number of aromatic nitrogens is 2. The summed E-state index contributed by atoms with van der Waals surface area (Å²) in [5.41, 5.74) is -0.553. The fourth-order valence-electron chi connectivity index (χ4n) is 2.50. The van der Waals surface area contributed by atoms with Crippen LogP contribution in [0.3, 0.4) is 0 Å². The molecule has 0 radical (unpaired) electrons. The minimum Gasteiger partial charge on any atom is -0.394 e. The van der Waals surface area contributed by atoms with E-state index in [-0.39, 0.29) is 6.61 Å². The number of hydrogen-bond donors (Lipinski definition) is 2. The number of aliphatic hydroxyl groups is 1. The van der Waals surface area contributed by atoms with Gasteiger partial charge in [-0.2, -0.15) is 0 Å². The lowest BCUT2D eigenvalue weighted by Gasteiger charge is -2.21. The molecular formula is C14H22N2O6. The molecule has 0 amide bonds. The van der Waals surface area contributed by atoms with Crippen LogP contribution in [0.5, 0.6) is 0 Å². The van der Waals surface area contributed by atoms with E-state index in [0.29, 0.717) is 18.6 Å². The average Bonchev–Trinajstić information content (AvgIpc) is 2.85. The lowest BCUT2D eigenvalue weighted by Crippen LogP contribution is -2.33. The number of aliphatic hydroxyl groups excluding tert-OH is 1. The van der Waals surface area contributed by atoms with Gasteiger partial charge in [-0.05, 0) is 20.8 Å². The van der Waals surface area contributed by atoms with Crippen molar-refractivity contribution in [1.82, 2.24) is 9.55 Å². The van der Waals surface area contributed by atoms with Gasteiger partial charge in [0.05, 0.1) is 12.7 Å². The van der Waals surface area contributed by atoms with Crippen LogP contribution in [0.25, 0.3) is 0 Å². The molecular weight excluding hydrogens is 292 g/mol. The number of nitrogens with zero attached hydrogens (tertiary/aromatic N) is 1. The molecule has 1 aliphatic heterocycles. The second-order valence-corrected chi connectivity index (χ2v) is 5.22. The van der Waals surface area contributed by atoms with Crippen molar-refractivity contribution in [3.05, 3.63) is 32.6 Å². The Kier molecular flexibility index (Phi) is 5.52. The molecule has 0 aliphatic carbocycles. The smallest absolute Gasteiger partial charge is 0.330 e. The molecule has 0 aromatic carbocycles. The third-order valence-corrected chi connectivity index (χ3v) is 3.58. The Morgan fingerprint density at radius 3 is 2.91 bits per heavy atom. The predicted octanol–water partition coefficient (Wildman–Crippen LogP) is -0.107. The van der Waals surface area contributed by atoms with Crippen LogP contribution in [0.2, 0.25) is 0 Å². The summed E-state index contributed by atoms with van der Waals surface area (Å²) in [5.74, 6) is 0. The topological polar surface area (TPSA) is 103 Å². The first kappa shape index (κ1) is 16.9. The highest BCUT2D eigenvalue weighted by atomic mass is 16.7. The van der Waals surface area contributed by atoms with Gasteiger partial charge in [0, 0.05) is 24.8 Å². The van der Waals surface area contributed by atoms with Crippen molar-refractivity contribution in [2.24, 2.45) is 0 Å². The molecule has 8 heteroatoms. The maximum Gasteiger partial charge on any atom is 0.330 e. The Balaban J connectivity index is 2.16. The number of hydrogen-bond acceptors (Lipinski definition) is 6. The normalized spacial score (nSPS) is 26.3. The number of nitrogens with one attached hydrogen (secondary N) is 1. The summed E-state index contributed by atoms with van der Waals surface area (Å²) in [6.07, 6.45) is -0.134. The monoisotopic (exact) mass is 314 g/mol. The fraction of sp³-hybridized carbons (Fsp3) is 0.714. The van der Waals surface area contributed by atoms with Crippen LogP contribution in [0.15, 0.2) is 15.8 Å². The van der Waals surface area contributed by atoms with E-state index in [4.69, 9.17) is 14.2 Å². The SMILES string of the molecule is CCOC(C)O[C@H]1C[C@H](n2cc(C)c(=O)[nH]c2=O)O[C@@H]1CO. The zero-order valence-electron chi connectivity index (χ0n) is 12.9. The minimum atomic E-state index is -0.598. The van der Waals surface area contributed by atoms with E-state index in [0.717, 1.165) is 0 Å². The molecule has 8 nitrogen and oxygen atoms in total.